The van der Waals surface area contributed by atoms with Gasteiger partial charge in [-0.15, -0.1) is 0 Å². The molecule has 0 aliphatic heterocycles. The van der Waals surface area contributed by atoms with E-state index in [0.717, 1.165) is 19.3 Å². The van der Waals surface area contributed by atoms with E-state index in [-0.39, 0.29) is 0 Å². The van der Waals surface area contributed by atoms with Gasteiger partial charge in [0.25, 0.3) is 0 Å². The van der Waals surface area contributed by atoms with Crippen molar-refractivity contribution < 1.29 is 24.1 Å². The van der Waals surface area contributed by atoms with Gasteiger partial charge in [-0.3, -0.25) is 14.8 Å². The smallest absolute Gasteiger partial charge is 0.293 e. The minimum atomic E-state index is -4.87. The monoisotopic (exact) mass is 270 g/mol. The first-order valence-corrected chi connectivity index (χ1v) is 9.24. The van der Waals surface area contributed by atoms with Crippen LogP contribution in [0.2, 0.25) is 0 Å². The molecule has 0 radical (unpaired) electrons. The van der Waals surface area contributed by atoms with E-state index in [4.69, 9.17) is 9.79 Å². The van der Waals surface area contributed by atoms with Gasteiger partial charge in [-0.1, -0.05) is 6.42 Å². The Bertz CT molecular complexity index is 324. The lowest BCUT2D eigenvalue weighted by Crippen LogP contribution is -2.23. The molecule has 0 aromatic rings. The van der Waals surface area contributed by atoms with Gasteiger partial charge in [0.2, 0.25) is 0 Å². The van der Waals surface area contributed by atoms with Gasteiger partial charge >= 0.3 is 14.7 Å². The summed E-state index contributed by atoms with van der Waals surface area (Å²) in [6.07, 6.45) is 3.52. The first-order chi connectivity index (χ1) is 7.30. The van der Waals surface area contributed by atoms with Crippen molar-refractivity contribution in [2.45, 2.75) is 37.8 Å². The molecule has 16 heavy (non-hydrogen) atoms. The van der Waals surface area contributed by atoms with Crippen LogP contribution in [-0.4, -0.2) is 38.0 Å². The van der Waals surface area contributed by atoms with Crippen molar-refractivity contribution in [2.75, 3.05) is 7.05 Å². The van der Waals surface area contributed by atoms with E-state index in [1.165, 1.54) is 7.05 Å². The zero-order valence-electron chi connectivity index (χ0n) is 9.15. The largest absolute Gasteiger partial charge is 0.523 e. The van der Waals surface area contributed by atoms with Crippen LogP contribution in [0, 0.1) is 0 Å². The highest BCUT2D eigenvalue weighted by Gasteiger charge is 2.62. The first kappa shape index (κ1) is 14.2. The normalized spacial score (nSPS) is 26.8. The Balaban J connectivity index is 3.03. The molecule has 0 amide bonds. The zero-order chi connectivity index (χ0) is 12.4. The molecule has 1 aliphatic rings. The van der Waals surface area contributed by atoms with Crippen molar-refractivity contribution in [3.05, 3.63) is 0 Å². The average Bonchev–Trinajstić information content (AvgIpc) is 2.40. The Kier molecular flexibility index (Phi) is 4.64. The second kappa shape index (κ2) is 5.21. The summed E-state index contributed by atoms with van der Waals surface area (Å²) in [5, 5.41) is 0. The van der Waals surface area contributed by atoms with Gasteiger partial charge in [-0.25, -0.2) is 14.4 Å². The Morgan fingerprint density at radius 3 is 2.44 bits per heavy atom. The van der Waals surface area contributed by atoms with Crippen LogP contribution < -0.4 is 0 Å². The summed E-state index contributed by atoms with van der Waals surface area (Å²) in [5.41, 5.74) is -0.333. The number of hydrogen-bond donors (Lipinski definition) is 4. The fourth-order valence-electron chi connectivity index (χ4n) is 1.97. The molecular weight excluding hydrogens is 252 g/mol. The highest BCUT2D eigenvalue weighted by atomic mass is 32.1. The van der Waals surface area contributed by atoms with Crippen LogP contribution in [-0.2, 0) is 4.57 Å². The second-order valence-corrected chi connectivity index (χ2v) is 10.2. The van der Waals surface area contributed by atoms with Crippen molar-refractivity contribution in [3.63, 3.8) is 0 Å². The van der Waals surface area contributed by atoms with Crippen LogP contribution in [0.3, 0.4) is 0 Å². The zero-order valence-corrected chi connectivity index (χ0v) is 10.9. The minimum Gasteiger partial charge on any atom is -0.293 e. The van der Waals surface area contributed by atoms with Crippen molar-refractivity contribution in [3.8, 4) is 0 Å². The molecule has 0 saturated heterocycles. The van der Waals surface area contributed by atoms with Crippen LogP contribution in [0.5, 0.6) is 0 Å². The summed E-state index contributed by atoms with van der Waals surface area (Å²) < 4.78 is 11.1. The lowest BCUT2D eigenvalue weighted by molar-refractivity contribution is 0.364. The molecule has 0 aromatic carbocycles. The van der Waals surface area contributed by atoms with Crippen molar-refractivity contribution >= 4 is 20.4 Å². The average molecular weight is 270 g/mol. The molecule has 1 atom stereocenters. The number of aliphatic imine (C=N–C) groups is 1. The Morgan fingerprint density at radius 1 is 1.31 bits per heavy atom. The molecule has 1 unspecified atom stereocenters. The lowest BCUT2D eigenvalue weighted by atomic mass is 10.2. The van der Waals surface area contributed by atoms with Gasteiger partial charge in [0.1, 0.15) is 0 Å². The molecule has 0 aromatic heterocycles. The second-order valence-electron chi connectivity index (χ2n) is 3.96. The minimum absolute atomic E-state index is 0.387. The number of nitrogens with zero attached hydrogens (tertiary/aromatic N) is 1. The highest BCUT2D eigenvalue weighted by molar-refractivity contribution is 8.32. The summed E-state index contributed by atoms with van der Waals surface area (Å²) >= 11 is 0. The van der Waals surface area contributed by atoms with Crippen molar-refractivity contribution in [1.82, 2.24) is 0 Å². The van der Waals surface area contributed by atoms with Crippen LogP contribution in [0.15, 0.2) is 4.99 Å². The molecule has 8 heteroatoms. The van der Waals surface area contributed by atoms with Gasteiger partial charge in [0.15, 0.2) is 5.66 Å². The summed E-state index contributed by atoms with van der Waals surface area (Å²) in [5.74, 6) is 0. The molecule has 0 heterocycles. The standard InChI is InChI=1S/C8H17NO5P2/c1-9-7-5-3-2-4-6-8(7)15(10,11)16(12,13)14/h8,10-11H,2-6H2,1H3,(H-,12,13,14)/p+1. The number of rotatable bonds is 2. The quantitative estimate of drug-likeness (QED) is 0.446. The maximum atomic E-state index is 11.1. The third-order valence-electron chi connectivity index (χ3n) is 2.88. The molecular formula is C8H18NO5P2+. The van der Waals surface area contributed by atoms with Crippen LogP contribution in [0.1, 0.15) is 32.1 Å². The predicted molar refractivity (Wildman–Crippen MR) is 63.6 cm³/mol. The molecule has 1 rings (SSSR count). The van der Waals surface area contributed by atoms with E-state index in [1.54, 1.807) is 0 Å². The summed E-state index contributed by atoms with van der Waals surface area (Å²) in [6.45, 7) is 0. The van der Waals surface area contributed by atoms with E-state index >= 15 is 0 Å². The Morgan fingerprint density at radius 2 is 1.94 bits per heavy atom. The van der Waals surface area contributed by atoms with Crippen molar-refractivity contribution in [1.29, 1.82) is 0 Å². The summed E-state index contributed by atoms with van der Waals surface area (Å²) in [7, 11) is -7.61. The lowest BCUT2D eigenvalue weighted by Gasteiger charge is -2.22. The van der Waals surface area contributed by atoms with Crippen LogP contribution in [0.25, 0.3) is 0 Å². The topological polar surface area (TPSA) is 110 Å². The third-order valence-corrected chi connectivity index (χ3v) is 8.18. The van der Waals surface area contributed by atoms with E-state index in [1.807, 2.05) is 0 Å². The van der Waals surface area contributed by atoms with Gasteiger partial charge in [-0.2, -0.15) is 0 Å². The molecule has 6 nitrogen and oxygen atoms in total. The Labute approximate surface area is 95.0 Å². The third kappa shape index (κ3) is 2.89. The van der Waals surface area contributed by atoms with Crippen molar-refractivity contribution in [2.24, 2.45) is 4.99 Å². The van der Waals surface area contributed by atoms with Gasteiger partial charge < -0.3 is 0 Å². The highest BCUT2D eigenvalue weighted by Crippen LogP contribution is 2.83. The molecule has 1 aliphatic carbocycles. The molecule has 1 fully saturated rings. The molecule has 1 saturated carbocycles. The predicted octanol–water partition coefficient (Wildman–Crippen LogP) is 1.31. The number of hydrogen-bond acceptors (Lipinski definition) is 4. The van der Waals surface area contributed by atoms with E-state index in [9.17, 15) is 14.4 Å². The summed E-state index contributed by atoms with van der Waals surface area (Å²) in [6, 6.07) is 0. The maximum Gasteiger partial charge on any atom is 0.523 e. The maximum absolute atomic E-state index is 11.1. The van der Waals surface area contributed by atoms with Crippen LogP contribution in [0.4, 0.5) is 0 Å². The Hall–Kier alpha value is 0.170. The fourth-order valence-corrected chi connectivity index (χ4v) is 5.34. The fraction of sp³-hybridized carbons (Fsp3) is 0.875. The van der Waals surface area contributed by atoms with E-state index in [2.05, 4.69) is 4.99 Å². The van der Waals surface area contributed by atoms with E-state index in [0.29, 0.717) is 18.6 Å². The van der Waals surface area contributed by atoms with E-state index < -0.39 is 20.3 Å². The van der Waals surface area contributed by atoms with Crippen LogP contribution >= 0.6 is 14.7 Å². The van der Waals surface area contributed by atoms with Gasteiger partial charge in [0.05, 0.1) is 5.71 Å². The van der Waals surface area contributed by atoms with Gasteiger partial charge in [0, 0.05) is 7.05 Å². The SMILES string of the molecule is CN=C1CCCCCC1[P+](O)(O)P(=O)(O)O. The van der Waals surface area contributed by atoms with Gasteiger partial charge in [-0.05, 0) is 25.7 Å². The molecule has 94 valence electrons. The molecule has 0 bridgehead atoms. The summed E-state index contributed by atoms with van der Waals surface area (Å²) in [4.78, 5) is 41.4. The molecule has 0 spiro atoms. The first-order valence-electron chi connectivity index (χ1n) is 5.16. The molecule has 4 N–H and O–H groups in total.